The smallest absolute Gasteiger partial charge is 0.310 e. The molecule has 0 spiro atoms. The Balaban J connectivity index is 1.61. The van der Waals surface area contributed by atoms with E-state index in [4.69, 9.17) is 4.74 Å². The predicted molar refractivity (Wildman–Crippen MR) is 116 cm³/mol. The highest BCUT2D eigenvalue weighted by Crippen LogP contribution is 2.33. The normalized spacial score (nSPS) is 14.4. The van der Waals surface area contributed by atoms with E-state index >= 15 is 0 Å². The molecule has 0 fully saturated rings. The molecule has 0 aromatic carbocycles. The summed E-state index contributed by atoms with van der Waals surface area (Å²) >= 11 is 3.04. The number of aromatic nitrogens is 2. The maximum absolute atomic E-state index is 12.6. The molecule has 9 heteroatoms. The number of thiophene rings is 1. The second-order valence-corrected chi connectivity index (χ2v) is 9.32. The number of nitrogens with zero attached hydrogens (tertiary/aromatic N) is 2. The van der Waals surface area contributed by atoms with Crippen LogP contribution >= 0.6 is 23.1 Å². The summed E-state index contributed by atoms with van der Waals surface area (Å²) in [5.41, 5.74) is 1.11. The quantitative estimate of drug-likeness (QED) is 0.639. The van der Waals surface area contributed by atoms with Crippen LogP contribution in [-0.4, -0.2) is 52.7 Å². The largest absolute Gasteiger partial charge is 0.469 e. The number of H-pyrrole nitrogens is 1. The van der Waals surface area contributed by atoms with Gasteiger partial charge in [0.2, 0.25) is 5.91 Å². The number of rotatable bonds is 8. The van der Waals surface area contributed by atoms with Gasteiger partial charge >= 0.3 is 5.97 Å². The average Bonchev–Trinajstić information content (AvgIpc) is 3.09. The van der Waals surface area contributed by atoms with Gasteiger partial charge in [0.05, 0.1) is 29.9 Å². The number of carbonyl (C=O) groups is 2. The van der Waals surface area contributed by atoms with Crippen LogP contribution in [0, 0.1) is 5.92 Å². The van der Waals surface area contributed by atoms with Crippen molar-refractivity contribution in [2.45, 2.75) is 45.3 Å². The van der Waals surface area contributed by atoms with Gasteiger partial charge in [0.15, 0.2) is 0 Å². The first-order chi connectivity index (χ1) is 13.9. The van der Waals surface area contributed by atoms with Crippen LogP contribution in [0.3, 0.4) is 0 Å². The number of aromatic amines is 1. The number of hydrogen-bond donors (Lipinski definition) is 1. The number of methoxy groups -OCH3 is 1. The van der Waals surface area contributed by atoms with Gasteiger partial charge < -0.3 is 14.6 Å². The fraction of sp³-hybridized carbons (Fsp3) is 0.600. The Kier molecular flexibility index (Phi) is 7.34. The molecule has 0 bridgehead atoms. The molecule has 0 radical (unpaired) electrons. The molecular formula is C20H27N3O4S2. The third-order valence-corrected chi connectivity index (χ3v) is 7.28. The van der Waals surface area contributed by atoms with Crippen molar-refractivity contribution >= 4 is 45.2 Å². The topological polar surface area (TPSA) is 92.4 Å². The second kappa shape index (κ2) is 9.75. The second-order valence-electron chi connectivity index (χ2n) is 7.25. The Morgan fingerprint density at radius 1 is 1.34 bits per heavy atom. The van der Waals surface area contributed by atoms with Crippen LogP contribution in [0.2, 0.25) is 0 Å². The van der Waals surface area contributed by atoms with Crippen LogP contribution in [0.25, 0.3) is 10.2 Å². The van der Waals surface area contributed by atoms with Crippen LogP contribution in [0.1, 0.15) is 43.0 Å². The van der Waals surface area contributed by atoms with Crippen LogP contribution in [-0.2, 0) is 32.9 Å². The number of aryl methyl sites for hydroxylation is 2. The SMILES string of the molecule is CCN(CC(C)C(=O)OC)C(=O)CSCc1nc2sc3c(c2c(=O)[nH]1)CCCC3. The van der Waals surface area contributed by atoms with Gasteiger partial charge in [-0.15, -0.1) is 23.1 Å². The Labute approximate surface area is 178 Å². The molecular weight excluding hydrogens is 410 g/mol. The molecule has 0 saturated heterocycles. The average molecular weight is 438 g/mol. The van der Waals surface area contributed by atoms with Crippen molar-refractivity contribution in [2.24, 2.45) is 5.92 Å². The lowest BCUT2D eigenvalue weighted by Crippen LogP contribution is -2.38. The third-order valence-electron chi connectivity index (χ3n) is 5.17. The summed E-state index contributed by atoms with van der Waals surface area (Å²) < 4.78 is 4.73. The van der Waals surface area contributed by atoms with E-state index in [2.05, 4.69) is 9.97 Å². The molecule has 7 nitrogen and oxygen atoms in total. The molecule has 1 N–H and O–H groups in total. The van der Waals surface area contributed by atoms with Crippen LogP contribution in [0.4, 0.5) is 0 Å². The number of amides is 1. The molecule has 1 atom stereocenters. The van der Waals surface area contributed by atoms with Crippen molar-refractivity contribution < 1.29 is 14.3 Å². The lowest BCUT2D eigenvalue weighted by atomic mass is 9.97. The molecule has 29 heavy (non-hydrogen) atoms. The van der Waals surface area contributed by atoms with Crippen molar-refractivity contribution in [1.29, 1.82) is 0 Å². The monoisotopic (exact) mass is 437 g/mol. The zero-order valence-corrected chi connectivity index (χ0v) is 18.7. The van der Waals surface area contributed by atoms with E-state index in [1.54, 1.807) is 23.2 Å². The summed E-state index contributed by atoms with van der Waals surface area (Å²) in [6, 6.07) is 0. The summed E-state index contributed by atoms with van der Waals surface area (Å²) in [5, 5.41) is 0.753. The first-order valence-electron chi connectivity index (χ1n) is 9.91. The summed E-state index contributed by atoms with van der Waals surface area (Å²) in [7, 11) is 1.35. The van der Waals surface area contributed by atoms with Gasteiger partial charge in [-0.25, -0.2) is 4.98 Å². The van der Waals surface area contributed by atoms with Crippen LogP contribution < -0.4 is 5.56 Å². The lowest BCUT2D eigenvalue weighted by Gasteiger charge is -2.23. The number of hydrogen-bond acceptors (Lipinski definition) is 7. The first kappa shape index (κ1) is 21.8. The van der Waals surface area contributed by atoms with Crippen molar-refractivity contribution in [3.63, 3.8) is 0 Å². The summed E-state index contributed by atoms with van der Waals surface area (Å²) in [5.74, 6) is 0.610. The van der Waals surface area contributed by atoms with E-state index in [0.29, 0.717) is 24.7 Å². The minimum absolute atomic E-state index is 0.0386. The Bertz CT molecular complexity index is 953. The molecule has 1 aliphatic carbocycles. The standard InChI is InChI=1S/C20H27N3O4S2/c1-4-23(9-12(2)20(26)27-3)16(24)11-28-10-15-21-18(25)17-13-7-5-6-8-14(13)29-19(17)22-15/h12H,4-11H2,1-3H3,(H,21,22,25). The van der Waals surface area contributed by atoms with Gasteiger partial charge in [-0.05, 0) is 38.2 Å². The predicted octanol–water partition coefficient (Wildman–Crippen LogP) is 2.75. The van der Waals surface area contributed by atoms with E-state index in [1.165, 1.54) is 35.7 Å². The molecule has 1 aliphatic rings. The van der Waals surface area contributed by atoms with E-state index in [0.717, 1.165) is 29.5 Å². The van der Waals surface area contributed by atoms with E-state index in [-0.39, 0.29) is 29.1 Å². The Morgan fingerprint density at radius 2 is 2.10 bits per heavy atom. The van der Waals surface area contributed by atoms with Gasteiger partial charge in [-0.1, -0.05) is 6.92 Å². The maximum atomic E-state index is 12.6. The maximum Gasteiger partial charge on any atom is 0.310 e. The molecule has 3 rings (SSSR count). The minimum Gasteiger partial charge on any atom is -0.469 e. The van der Waals surface area contributed by atoms with E-state index < -0.39 is 0 Å². The molecule has 158 valence electrons. The zero-order chi connectivity index (χ0) is 21.0. The summed E-state index contributed by atoms with van der Waals surface area (Å²) in [6.45, 7) is 4.50. The number of thioether (sulfide) groups is 1. The van der Waals surface area contributed by atoms with E-state index in [1.807, 2.05) is 6.92 Å². The van der Waals surface area contributed by atoms with E-state index in [9.17, 15) is 14.4 Å². The Hall–Kier alpha value is -1.87. The first-order valence-corrected chi connectivity index (χ1v) is 11.9. The highest BCUT2D eigenvalue weighted by molar-refractivity contribution is 7.99. The fourth-order valence-electron chi connectivity index (χ4n) is 3.62. The van der Waals surface area contributed by atoms with Crippen molar-refractivity contribution in [3.8, 4) is 0 Å². The van der Waals surface area contributed by atoms with Gasteiger partial charge in [-0.3, -0.25) is 14.4 Å². The van der Waals surface area contributed by atoms with Crippen molar-refractivity contribution in [1.82, 2.24) is 14.9 Å². The van der Waals surface area contributed by atoms with Crippen molar-refractivity contribution in [2.75, 3.05) is 26.0 Å². The highest BCUT2D eigenvalue weighted by Gasteiger charge is 2.21. The number of carbonyl (C=O) groups excluding carboxylic acids is 2. The van der Waals surface area contributed by atoms with Crippen LogP contribution in [0.5, 0.6) is 0 Å². The number of fused-ring (bicyclic) bond motifs is 3. The molecule has 2 heterocycles. The highest BCUT2D eigenvalue weighted by atomic mass is 32.2. The molecule has 2 aromatic rings. The summed E-state index contributed by atoms with van der Waals surface area (Å²) in [4.78, 5) is 47.9. The number of nitrogens with one attached hydrogen (secondary N) is 1. The zero-order valence-electron chi connectivity index (χ0n) is 17.1. The van der Waals surface area contributed by atoms with Gasteiger partial charge in [0.1, 0.15) is 10.7 Å². The lowest BCUT2D eigenvalue weighted by molar-refractivity contribution is -0.146. The molecule has 0 saturated carbocycles. The minimum atomic E-state index is -0.362. The Morgan fingerprint density at radius 3 is 2.83 bits per heavy atom. The molecule has 1 unspecified atom stereocenters. The fourth-order valence-corrected chi connectivity index (χ4v) is 5.69. The molecule has 1 amide bonds. The molecule has 2 aromatic heterocycles. The van der Waals surface area contributed by atoms with Crippen LogP contribution in [0.15, 0.2) is 4.79 Å². The molecule has 0 aliphatic heterocycles. The summed E-state index contributed by atoms with van der Waals surface area (Å²) in [6.07, 6.45) is 4.29. The van der Waals surface area contributed by atoms with Crippen molar-refractivity contribution in [3.05, 3.63) is 26.6 Å². The van der Waals surface area contributed by atoms with Gasteiger partial charge in [0.25, 0.3) is 5.56 Å². The van der Waals surface area contributed by atoms with Gasteiger partial charge in [0, 0.05) is 18.0 Å². The number of esters is 1. The third kappa shape index (κ3) is 5.01. The number of ether oxygens (including phenoxy) is 1. The van der Waals surface area contributed by atoms with Gasteiger partial charge in [-0.2, -0.15) is 0 Å².